The normalized spacial score (nSPS) is 16.8. The quantitative estimate of drug-likeness (QED) is 0.150. The van der Waals surface area contributed by atoms with Crippen LogP contribution in [0.25, 0.3) is 5.57 Å². The van der Waals surface area contributed by atoms with E-state index < -0.39 is 24.3 Å². The molecule has 0 fully saturated rings. The van der Waals surface area contributed by atoms with E-state index in [1.165, 1.54) is 19.8 Å². The maximum Gasteiger partial charge on any atom is 0.416 e. The van der Waals surface area contributed by atoms with Crippen molar-refractivity contribution >= 4 is 11.4 Å². The molecule has 220 valence electrons. The van der Waals surface area contributed by atoms with Crippen molar-refractivity contribution in [3.8, 4) is 0 Å². The number of rotatable bonds is 8. The van der Waals surface area contributed by atoms with Gasteiger partial charge in [0.1, 0.15) is 18.3 Å². The Bertz CT molecular complexity index is 1230. The molecule has 0 bridgehead atoms. The van der Waals surface area contributed by atoms with Gasteiger partial charge in [0, 0.05) is 24.7 Å². The van der Waals surface area contributed by atoms with Gasteiger partial charge in [-0.1, -0.05) is 57.9 Å². The van der Waals surface area contributed by atoms with Crippen LogP contribution in [0.5, 0.6) is 0 Å². The Morgan fingerprint density at radius 1 is 1.18 bits per heavy atom. The van der Waals surface area contributed by atoms with Crippen LogP contribution in [-0.2, 0) is 13.2 Å². The third-order valence-corrected chi connectivity index (χ3v) is 6.61. The lowest BCUT2D eigenvalue weighted by Crippen LogP contribution is -2.33. The third kappa shape index (κ3) is 8.63. The van der Waals surface area contributed by atoms with Crippen molar-refractivity contribution in [2.24, 2.45) is 4.99 Å². The maximum absolute atomic E-state index is 14.8. The van der Waals surface area contributed by atoms with Gasteiger partial charge < -0.3 is 5.32 Å². The van der Waals surface area contributed by atoms with E-state index in [-0.39, 0.29) is 23.7 Å². The number of benzene rings is 1. The van der Waals surface area contributed by atoms with Crippen LogP contribution in [0.1, 0.15) is 93.9 Å². The highest BCUT2D eigenvalue weighted by Crippen LogP contribution is 2.35. The van der Waals surface area contributed by atoms with E-state index >= 15 is 0 Å². The SMILES string of the molecule is CCCC.C\C=C(F)/C(=C\C(=C\CC)C(F)(F)F)c1cc2n(n1)CCCC2NC(=NC)c1cc(CF)ccc1C. The number of halogens is 5. The maximum atomic E-state index is 14.8. The molecule has 1 aliphatic rings. The molecule has 1 unspecified atom stereocenters. The van der Waals surface area contributed by atoms with Crippen LogP contribution >= 0.6 is 0 Å². The number of nitrogens with zero attached hydrogens (tertiary/aromatic N) is 3. The molecule has 0 saturated carbocycles. The molecule has 0 spiro atoms. The Morgan fingerprint density at radius 2 is 1.88 bits per heavy atom. The summed E-state index contributed by atoms with van der Waals surface area (Å²) in [6.45, 7) is 9.26. The van der Waals surface area contributed by atoms with Gasteiger partial charge in [-0.25, -0.2) is 8.78 Å². The monoisotopic (exact) mass is 564 g/mol. The molecule has 1 aliphatic heterocycles. The molecular formula is C31H41F5N4. The van der Waals surface area contributed by atoms with Crippen LogP contribution < -0.4 is 5.32 Å². The number of fused-ring (bicyclic) bond motifs is 1. The number of nitrogens with one attached hydrogen (secondary N) is 1. The number of hydrogen-bond donors (Lipinski definition) is 1. The van der Waals surface area contributed by atoms with Crippen molar-refractivity contribution in [2.75, 3.05) is 7.05 Å². The first kappa shape index (κ1) is 33.0. The van der Waals surface area contributed by atoms with Crippen molar-refractivity contribution in [1.29, 1.82) is 0 Å². The molecule has 2 aromatic rings. The Morgan fingerprint density at radius 3 is 2.42 bits per heavy atom. The summed E-state index contributed by atoms with van der Waals surface area (Å²) in [4.78, 5) is 4.37. The van der Waals surface area contributed by atoms with Crippen LogP contribution in [0, 0.1) is 6.92 Å². The highest BCUT2D eigenvalue weighted by atomic mass is 19.4. The standard InChI is InChI=1S/C27H31F5N4.C4H10/c1-5-8-19(27(30,31)32)14-21(22(29)6-2)24-15-25-23(9-7-12-36(25)35-24)34-26(33-4)20-13-18(16-28)11-10-17(20)3;1-3-4-2/h6,8,10-11,13-15,23H,5,7,9,12,16H2,1-4H3,(H,33,34);3-4H2,1-2H3/b19-8-,21-14+,22-6+;. The first-order valence-corrected chi connectivity index (χ1v) is 13.8. The predicted molar refractivity (Wildman–Crippen MR) is 154 cm³/mol. The predicted octanol–water partition coefficient (Wildman–Crippen LogP) is 9.12. The number of allylic oxidation sites excluding steroid dienone is 6. The second-order valence-electron chi connectivity index (χ2n) is 9.63. The van der Waals surface area contributed by atoms with Crippen molar-refractivity contribution in [3.63, 3.8) is 0 Å². The number of alkyl halides is 4. The summed E-state index contributed by atoms with van der Waals surface area (Å²) in [6, 6.07) is 6.68. The van der Waals surface area contributed by atoms with Gasteiger partial charge in [0.25, 0.3) is 0 Å². The Labute approximate surface area is 234 Å². The molecule has 2 heterocycles. The molecule has 9 heteroatoms. The summed E-state index contributed by atoms with van der Waals surface area (Å²) in [6.07, 6.45) is 2.65. The third-order valence-electron chi connectivity index (χ3n) is 6.61. The van der Waals surface area contributed by atoms with Crippen LogP contribution in [0.3, 0.4) is 0 Å². The van der Waals surface area contributed by atoms with Crippen molar-refractivity contribution < 1.29 is 22.0 Å². The van der Waals surface area contributed by atoms with E-state index in [9.17, 15) is 22.0 Å². The minimum Gasteiger partial charge on any atom is -0.362 e. The highest BCUT2D eigenvalue weighted by molar-refractivity contribution is 6.00. The largest absolute Gasteiger partial charge is 0.416 e. The summed E-state index contributed by atoms with van der Waals surface area (Å²) in [5.74, 6) is -0.208. The number of aryl methyl sites for hydroxylation is 2. The zero-order valence-corrected chi connectivity index (χ0v) is 24.3. The fraction of sp³-hybridized carbons (Fsp3) is 0.484. The Kier molecular flexibility index (Phi) is 12.8. The molecule has 1 aromatic carbocycles. The lowest BCUT2D eigenvalue weighted by Gasteiger charge is -2.26. The first-order valence-electron chi connectivity index (χ1n) is 13.8. The summed E-state index contributed by atoms with van der Waals surface area (Å²) in [5, 5.41) is 7.86. The fourth-order valence-corrected chi connectivity index (χ4v) is 4.25. The lowest BCUT2D eigenvalue weighted by atomic mass is 9.99. The second-order valence-corrected chi connectivity index (χ2v) is 9.63. The first-order chi connectivity index (χ1) is 19.0. The number of aromatic nitrogens is 2. The average molecular weight is 565 g/mol. The van der Waals surface area contributed by atoms with E-state index in [0.29, 0.717) is 17.9 Å². The lowest BCUT2D eigenvalue weighted by molar-refractivity contribution is -0.0883. The average Bonchev–Trinajstić information content (AvgIpc) is 3.38. The van der Waals surface area contributed by atoms with Gasteiger partial charge in [-0.15, -0.1) is 0 Å². The molecule has 40 heavy (non-hydrogen) atoms. The molecular weight excluding hydrogens is 523 g/mol. The van der Waals surface area contributed by atoms with Gasteiger partial charge in [-0.3, -0.25) is 9.67 Å². The topological polar surface area (TPSA) is 42.2 Å². The molecule has 1 atom stereocenters. The van der Waals surface area contributed by atoms with Crippen molar-refractivity contribution in [3.05, 3.63) is 82.0 Å². The van der Waals surface area contributed by atoms with E-state index in [4.69, 9.17) is 0 Å². The van der Waals surface area contributed by atoms with Gasteiger partial charge >= 0.3 is 6.18 Å². The summed E-state index contributed by atoms with van der Waals surface area (Å²) < 4.78 is 70.4. The Balaban J connectivity index is 0.00000131. The van der Waals surface area contributed by atoms with E-state index in [0.717, 1.165) is 47.9 Å². The zero-order chi connectivity index (χ0) is 29.9. The minimum atomic E-state index is -4.61. The van der Waals surface area contributed by atoms with Crippen molar-refractivity contribution in [2.45, 2.75) is 92.2 Å². The van der Waals surface area contributed by atoms with E-state index in [1.807, 2.05) is 13.0 Å². The molecule has 0 radical (unpaired) electrons. The van der Waals surface area contributed by atoms with Crippen LogP contribution in [-0.4, -0.2) is 28.8 Å². The molecule has 3 rings (SSSR count). The van der Waals surface area contributed by atoms with Crippen LogP contribution in [0.2, 0.25) is 0 Å². The van der Waals surface area contributed by atoms with Gasteiger partial charge in [-0.2, -0.15) is 18.3 Å². The number of unbranched alkanes of at least 4 members (excludes halogenated alkanes) is 1. The second kappa shape index (κ2) is 15.5. The Hall–Kier alpha value is -3.23. The number of amidine groups is 1. The number of hydrogen-bond acceptors (Lipinski definition) is 2. The molecule has 0 saturated heterocycles. The van der Waals surface area contributed by atoms with Gasteiger partial charge in [0.15, 0.2) is 0 Å². The molecule has 4 nitrogen and oxygen atoms in total. The summed E-state index contributed by atoms with van der Waals surface area (Å²) in [5.41, 5.74) is 1.95. The van der Waals surface area contributed by atoms with Crippen molar-refractivity contribution in [1.82, 2.24) is 15.1 Å². The minimum absolute atomic E-state index is 0.131. The van der Waals surface area contributed by atoms with Gasteiger partial charge in [-0.05, 0) is 62.4 Å². The summed E-state index contributed by atoms with van der Waals surface area (Å²) in [7, 11) is 1.64. The smallest absolute Gasteiger partial charge is 0.362 e. The van der Waals surface area contributed by atoms with Crippen LogP contribution in [0.15, 0.2) is 58.9 Å². The summed E-state index contributed by atoms with van der Waals surface area (Å²) >= 11 is 0. The molecule has 1 N–H and O–H groups in total. The van der Waals surface area contributed by atoms with Crippen LogP contribution in [0.4, 0.5) is 22.0 Å². The highest BCUT2D eigenvalue weighted by Gasteiger charge is 2.33. The van der Waals surface area contributed by atoms with Gasteiger partial charge in [0.05, 0.1) is 23.0 Å². The zero-order valence-electron chi connectivity index (χ0n) is 24.3. The molecule has 0 amide bonds. The van der Waals surface area contributed by atoms with E-state index in [1.54, 1.807) is 36.9 Å². The fourth-order valence-electron chi connectivity index (χ4n) is 4.25. The molecule has 0 aliphatic carbocycles. The molecule has 1 aromatic heterocycles. The number of aliphatic imine (C=N–C) groups is 1. The van der Waals surface area contributed by atoms with E-state index in [2.05, 4.69) is 29.3 Å². The van der Waals surface area contributed by atoms with Gasteiger partial charge in [0.2, 0.25) is 0 Å².